The Labute approximate surface area is 118 Å². The minimum absolute atomic E-state index is 0.422. The summed E-state index contributed by atoms with van der Waals surface area (Å²) >= 11 is 0. The summed E-state index contributed by atoms with van der Waals surface area (Å²) in [5.41, 5.74) is 2.59. The molecule has 0 radical (unpaired) electrons. The van der Waals surface area contributed by atoms with Crippen molar-refractivity contribution < 1.29 is 14.6 Å². The van der Waals surface area contributed by atoms with Crippen LogP contribution in [-0.4, -0.2) is 29.3 Å². The third-order valence-corrected chi connectivity index (χ3v) is 3.06. The van der Waals surface area contributed by atoms with Crippen LogP contribution in [0, 0.1) is 6.92 Å². The van der Waals surface area contributed by atoms with E-state index in [0.29, 0.717) is 18.0 Å². The van der Waals surface area contributed by atoms with Crippen LogP contribution >= 0.6 is 0 Å². The number of benzene rings is 1. The summed E-state index contributed by atoms with van der Waals surface area (Å²) in [5.74, 6) is 1.20. The van der Waals surface area contributed by atoms with Crippen LogP contribution in [0.1, 0.15) is 22.9 Å². The van der Waals surface area contributed by atoms with Crippen LogP contribution in [0.3, 0.4) is 0 Å². The summed E-state index contributed by atoms with van der Waals surface area (Å²) < 4.78 is 10.3. The largest absolute Gasteiger partial charge is 0.496 e. The van der Waals surface area contributed by atoms with E-state index in [1.807, 2.05) is 25.1 Å². The van der Waals surface area contributed by atoms with Crippen molar-refractivity contribution in [2.75, 3.05) is 14.2 Å². The molecule has 1 aromatic carbocycles. The predicted octanol–water partition coefficient (Wildman–Crippen LogP) is 2.08. The fraction of sp³-hybridized carbons (Fsp3) is 0.333. The van der Waals surface area contributed by atoms with Gasteiger partial charge in [0.15, 0.2) is 0 Å². The highest BCUT2D eigenvalue weighted by Crippen LogP contribution is 2.26. The standard InChI is InChI=1S/C15H18N2O3/c1-10-4-5-14(19-2)11(6-10)7-13(18)12-8-15(20-3)17-9-16-12/h4-6,8-9,13,18H,7H2,1-3H3. The molecular formula is C15H18N2O3. The van der Waals surface area contributed by atoms with E-state index in [1.165, 1.54) is 13.4 Å². The van der Waals surface area contributed by atoms with E-state index in [1.54, 1.807) is 13.2 Å². The third-order valence-electron chi connectivity index (χ3n) is 3.06. The summed E-state index contributed by atoms with van der Waals surface area (Å²) in [7, 11) is 3.15. The van der Waals surface area contributed by atoms with Crippen molar-refractivity contribution in [2.24, 2.45) is 0 Å². The molecule has 0 amide bonds. The van der Waals surface area contributed by atoms with Crippen LogP contribution in [0.4, 0.5) is 0 Å². The molecule has 106 valence electrons. The zero-order valence-electron chi connectivity index (χ0n) is 11.8. The Morgan fingerprint density at radius 3 is 2.65 bits per heavy atom. The van der Waals surface area contributed by atoms with Gasteiger partial charge in [-0.25, -0.2) is 9.97 Å². The molecule has 1 unspecified atom stereocenters. The SMILES string of the molecule is COc1cc(C(O)Cc2cc(C)ccc2OC)ncn1. The van der Waals surface area contributed by atoms with Gasteiger partial charge in [-0.05, 0) is 18.6 Å². The summed E-state index contributed by atoms with van der Waals surface area (Å²) in [6.45, 7) is 2.00. The molecule has 1 heterocycles. The Morgan fingerprint density at radius 2 is 1.95 bits per heavy atom. The maximum Gasteiger partial charge on any atom is 0.216 e. The molecule has 1 aromatic heterocycles. The molecular weight excluding hydrogens is 256 g/mol. The molecule has 0 aliphatic carbocycles. The molecule has 0 aliphatic heterocycles. The summed E-state index contributed by atoms with van der Waals surface area (Å²) in [5, 5.41) is 10.3. The average Bonchev–Trinajstić information content (AvgIpc) is 2.47. The second-order valence-corrected chi connectivity index (χ2v) is 4.52. The number of ether oxygens (including phenoxy) is 2. The molecule has 0 aliphatic rings. The fourth-order valence-electron chi connectivity index (χ4n) is 2.03. The van der Waals surface area contributed by atoms with E-state index in [4.69, 9.17) is 9.47 Å². The molecule has 1 atom stereocenters. The Morgan fingerprint density at radius 1 is 1.15 bits per heavy atom. The van der Waals surface area contributed by atoms with Crippen LogP contribution < -0.4 is 9.47 Å². The van der Waals surface area contributed by atoms with E-state index in [-0.39, 0.29) is 0 Å². The average molecular weight is 274 g/mol. The molecule has 5 heteroatoms. The molecule has 2 rings (SSSR count). The quantitative estimate of drug-likeness (QED) is 0.904. The van der Waals surface area contributed by atoms with Crippen molar-refractivity contribution in [1.29, 1.82) is 0 Å². The number of nitrogens with zero attached hydrogens (tertiary/aromatic N) is 2. The van der Waals surface area contributed by atoms with E-state index >= 15 is 0 Å². The van der Waals surface area contributed by atoms with E-state index in [9.17, 15) is 5.11 Å². The second-order valence-electron chi connectivity index (χ2n) is 4.52. The van der Waals surface area contributed by atoms with Crippen LogP contribution in [0.15, 0.2) is 30.6 Å². The number of hydrogen-bond acceptors (Lipinski definition) is 5. The lowest BCUT2D eigenvalue weighted by Crippen LogP contribution is -2.06. The highest BCUT2D eigenvalue weighted by atomic mass is 16.5. The minimum atomic E-state index is -0.734. The molecule has 0 fully saturated rings. The number of hydrogen-bond donors (Lipinski definition) is 1. The van der Waals surface area contributed by atoms with Gasteiger partial charge in [0, 0.05) is 12.5 Å². The van der Waals surface area contributed by atoms with Crippen LogP contribution in [0.5, 0.6) is 11.6 Å². The van der Waals surface area contributed by atoms with Gasteiger partial charge in [-0.2, -0.15) is 0 Å². The normalized spacial score (nSPS) is 12.0. The maximum absolute atomic E-state index is 10.3. The molecule has 0 bridgehead atoms. The first-order valence-corrected chi connectivity index (χ1v) is 6.31. The van der Waals surface area contributed by atoms with Gasteiger partial charge in [-0.3, -0.25) is 0 Å². The van der Waals surface area contributed by atoms with E-state index in [2.05, 4.69) is 9.97 Å². The van der Waals surface area contributed by atoms with E-state index < -0.39 is 6.10 Å². The second kappa shape index (κ2) is 6.34. The molecule has 0 saturated heterocycles. The predicted molar refractivity (Wildman–Crippen MR) is 75.0 cm³/mol. The highest BCUT2D eigenvalue weighted by Gasteiger charge is 2.14. The van der Waals surface area contributed by atoms with Gasteiger partial charge in [0.25, 0.3) is 0 Å². The Balaban J connectivity index is 2.22. The first-order chi connectivity index (χ1) is 9.63. The topological polar surface area (TPSA) is 64.5 Å². The molecule has 20 heavy (non-hydrogen) atoms. The zero-order chi connectivity index (χ0) is 14.5. The van der Waals surface area contributed by atoms with Gasteiger partial charge in [0.2, 0.25) is 5.88 Å². The zero-order valence-corrected chi connectivity index (χ0v) is 11.8. The van der Waals surface area contributed by atoms with E-state index in [0.717, 1.165) is 16.9 Å². The monoisotopic (exact) mass is 274 g/mol. The maximum atomic E-state index is 10.3. The molecule has 5 nitrogen and oxygen atoms in total. The molecule has 0 saturated carbocycles. The summed E-state index contributed by atoms with van der Waals surface area (Å²) in [6, 6.07) is 7.51. The van der Waals surface area contributed by atoms with Crippen molar-refractivity contribution >= 4 is 0 Å². The van der Waals surface area contributed by atoms with Gasteiger partial charge in [-0.15, -0.1) is 0 Å². The number of aryl methyl sites for hydroxylation is 1. The summed E-state index contributed by atoms with van der Waals surface area (Å²) in [6.07, 6.45) is 1.07. The fourth-order valence-corrected chi connectivity index (χ4v) is 2.03. The highest BCUT2D eigenvalue weighted by molar-refractivity contribution is 5.37. The van der Waals surface area contributed by atoms with Crippen molar-refractivity contribution in [3.63, 3.8) is 0 Å². The molecule has 2 aromatic rings. The number of methoxy groups -OCH3 is 2. The van der Waals surface area contributed by atoms with Crippen molar-refractivity contribution in [3.05, 3.63) is 47.4 Å². The van der Waals surface area contributed by atoms with Gasteiger partial charge in [0.05, 0.1) is 19.9 Å². The lowest BCUT2D eigenvalue weighted by molar-refractivity contribution is 0.171. The molecule has 0 spiro atoms. The smallest absolute Gasteiger partial charge is 0.216 e. The van der Waals surface area contributed by atoms with Gasteiger partial charge in [0.1, 0.15) is 18.2 Å². The van der Waals surface area contributed by atoms with Crippen molar-refractivity contribution in [1.82, 2.24) is 9.97 Å². The Kier molecular flexibility index (Phi) is 4.53. The number of aromatic nitrogens is 2. The molecule has 1 N–H and O–H groups in total. The van der Waals surface area contributed by atoms with Crippen LogP contribution in [0.2, 0.25) is 0 Å². The van der Waals surface area contributed by atoms with Gasteiger partial charge in [-0.1, -0.05) is 17.7 Å². The third kappa shape index (κ3) is 3.24. The lowest BCUT2D eigenvalue weighted by atomic mass is 10.0. The van der Waals surface area contributed by atoms with Crippen molar-refractivity contribution in [3.8, 4) is 11.6 Å². The minimum Gasteiger partial charge on any atom is -0.496 e. The lowest BCUT2D eigenvalue weighted by Gasteiger charge is -2.14. The van der Waals surface area contributed by atoms with Crippen LogP contribution in [-0.2, 0) is 6.42 Å². The number of rotatable bonds is 5. The Bertz CT molecular complexity index is 587. The number of aliphatic hydroxyl groups is 1. The first-order valence-electron chi connectivity index (χ1n) is 6.31. The summed E-state index contributed by atoms with van der Waals surface area (Å²) in [4.78, 5) is 8.01. The Hall–Kier alpha value is -2.14. The first kappa shape index (κ1) is 14.3. The van der Waals surface area contributed by atoms with Crippen molar-refractivity contribution in [2.45, 2.75) is 19.4 Å². The van der Waals surface area contributed by atoms with Crippen LogP contribution in [0.25, 0.3) is 0 Å². The van der Waals surface area contributed by atoms with Gasteiger partial charge < -0.3 is 14.6 Å². The number of aliphatic hydroxyl groups excluding tert-OH is 1. The van der Waals surface area contributed by atoms with Gasteiger partial charge >= 0.3 is 0 Å².